The number of carbonyl (C=O) groups excluding carboxylic acids is 2. The summed E-state index contributed by atoms with van der Waals surface area (Å²) in [6.45, 7) is 2.16. The average molecular weight is 379 g/mol. The maximum absolute atomic E-state index is 12.5. The number of nitrogens with zero attached hydrogens (tertiary/aromatic N) is 3. The quantitative estimate of drug-likeness (QED) is 0.830. The van der Waals surface area contributed by atoms with Crippen molar-refractivity contribution in [3.05, 3.63) is 52.1 Å². The van der Waals surface area contributed by atoms with Crippen LogP contribution in [0.4, 0.5) is 11.5 Å². The Morgan fingerprint density at radius 1 is 1.08 bits per heavy atom. The molecule has 1 fully saturated rings. The van der Waals surface area contributed by atoms with Gasteiger partial charge in [-0.3, -0.25) is 9.59 Å². The summed E-state index contributed by atoms with van der Waals surface area (Å²) in [6.07, 6.45) is 2.34. The second-order valence-electron chi connectivity index (χ2n) is 5.65. The highest BCUT2D eigenvalue weighted by Gasteiger charge is 2.21. The highest BCUT2D eigenvalue weighted by atomic mass is 35.5. The summed E-state index contributed by atoms with van der Waals surface area (Å²) in [4.78, 5) is 30.9. The Bertz CT molecular complexity index is 754. The van der Waals surface area contributed by atoms with Crippen LogP contribution in [0.2, 0.25) is 10.0 Å². The minimum Gasteiger partial charge on any atom is -0.342 e. The first-order valence-electron chi connectivity index (χ1n) is 7.73. The molecule has 8 heteroatoms. The SMILES string of the molecule is O=CN1CCN(C(=O)c2ccc(Nc3cc(Cl)cc(Cl)c3)nc2)CC1. The van der Waals surface area contributed by atoms with Gasteiger partial charge in [-0.15, -0.1) is 0 Å². The molecule has 0 saturated carbocycles. The summed E-state index contributed by atoms with van der Waals surface area (Å²) in [5, 5.41) is 4.14. The number of halogens is 2. The summed E-state index contributed by atoms with van der Waals surface area (Å²) in [6, 6.07) is 8.56. The minimum atomic E-state index is -0.0876. The number of hydrogen-bond donors (Lipinski definition) is 1. The van der Waals surface area contributed by atoms with Crippen molar-refractivity contribution < 1.29 is 9.59 Å². The van der Waals surface area contributed by atoms with Crippen molar-refractivity contribution in [3.8, 4) is 0 Å². The number of nitrogens with one attached hydrogen (secondary N) is 1. The number of aromatic nitrogens is 1. The molecule has 3 rings (SSSR count). The highest BCUT2D eigenvalue weighted by molar-refractivity contribution is 6.35. The summed E-state index contributed by atoms with van der Waals surface area (Å²) in [5.74, 6) is 0.496. The van der Waals surface area contributed by atoms with E-state index in [1.165, 1.54) is 6.20 Å². The first-order chi connectivity index (χ1) is 12.0. The van der Waals surface area contributed by atoms with Crippen molar-refractivity contribution in [1.82, 2.24) is 14.8 Å². The third-order valence-corrected chi connectivity index (χ3v) is 4.33. The van der Waals surface area contributed by atoms with Crippen molar-refractivity contribution in [1.29, 1.82) is 0 Å². The van der Waals surface area contributed by atoms with Crippen LogP contribution in [-0.4, -0.2) is 53.3 Å². The van der Waals surface area contributed by atoms with Crippen molar-refractivity contribution >= 4 is 47.0 Å². The van der Waals surface area contributed by atoms with E-state index in [2.05, 4.69) is 10.3 Å². The molecule has 0 bridgehead atoms. The third kappa shape index (κ3) is 4.41. The molecule has 1 aliphatic rings. The van der Waals surface area contributed by atoms with Gasteiger partial charge in [-0.2, -0.15) is 0 Å². The van der Waals surface area contributed by atoms with E-state index in [4.69, 9.17) is 23.2 Å². The molecule has 6 nitrogen and oxygen atoms in total. The topological polar surface area (TPSA) is 65.5 Å². The molecule has 1 aromatic heterocycles. The molecule has 0 spiro atoms. The zero-order valence-electron chi connectivity index (χ0n) is 13.3. The number of piperazine rings is 1. The molecule has 130 valence electrons. The molecule has 0 atom stereocenters. The summed E-state index contributed by atoms with van der Waals surface area (Å²) < 4.78 is 0. The summed E-state index contributed by atoms with van der Waals surface area (Å²) >= 11 is 11.9. The van der Waals surface area contributed by atoms with Gasteiger partial charge in [0.25, 0.3) is 5.91 Å². The molecule has 2 heterocycles. The number of anilines is 2. The van der Waals surface area contributed by atoms with Gasteiger partial charge >= 0.3 is 0 Å². The number of rotatable bonds is 4. The standard InChI is InChI=1S/C17H16Cl2N4O2/c18-13-7-14(19)9-15(8-13)21-16-2-1-12(10-20-16)17(25)23-5-3-22(11-24)4-6-23/h1-2,7-11H,3-6H2,(H,20,21). The van der Waals surface area contributed by atoms with Gasteiger partial charge in [0.15, 0.2) is 0 Å². The number of carbonyl (C=O) groups is 2. The van der Waals surface area contributed by atoms with Crippen LogP contribution in [0.1, 0.15) is 10.4 Å². The normalized spacial score (nSPS) is 14.3. The molecule has 1 saturated heterocycles. The molecule has 0 radical (unpaired) electrons. The maximum Gasteiger partial charge on any atom is 0.255 e. The second-order valence-corrected chi connectivity index (χ2v) is 6.52. The zero-order chi connectivity index (χ0) is 17.8. The van der Waals surface area contributed by atoms with Crippen LogP contribution in [-0.2, 0) is 4.79 Å². The lowest BCUT2D eigenvalue weighted by atomic mass is 10.2. The van der Waals surface area contributed by atoms with E-state index in [9.17, 15) is 9.59 Å². The molecule has 2 aromatic rings. The van der Waals surface area contributed by atoms with Gasteiger partial charge in [0, 0.05) is 48.1 Å². The van der Waals surface area contributed by atoms with E-state index >= 15 is 0 Å². The van der Waals surface area contributed by atoms with Crippen molar-refractivity contribution in [2.45, 2.75) is 0 Å². The van der Waals surface area contributed by atoms with E-state index in [0.29, 0.717) is 53.3 Å². The van der Waals surface area contributed by atoms with Gasteiger partial charge in [0.05, 0.1) is 5.56 Å². The van der Waals surface area contributed by atoms with Gasteiger partial charge in [-0.05, 0) is 30.3 Å². The smallest absolute Gasteiger partial charge is 0.255 e. The van der Waals surface area contributed by atoms with Crippen LogP contribution in [0.3, 0.4) is 0 Å². The fourth-order valence-electron chi connectivity index (χ4n) is 2.58. The van der Waals surface area contributed by atoms with E-state index < -0.39 is 0 Å². The van der Waals surface area contributed by atoms with Crippen LogP contribution in [0.15, 0.2) is 36.5 Å². The molecular weight excluding hydrogens is 363 g/mol. The molecule has 25 heavy (non-hydrogen) atoms. The number of hydrogen-bond acceptors (Lipinski definition) is 4. The number of pyridine rings is 1. The van der Waals surface area contributed by atoms with Gasteiger partial charge in [-0.25, -0.2) is 4.98 Å². The number of amides is 2. The Labute approximate surface area is 155 Å². The molecule has 1 N–H and O–H groups in total. The first-order valence-corrected chi connectivity index (χ1v) is 8.48. The Hall–Kier alpha value is -2.31. The molecule has 1 aliphatic heterocycles. The van der Waals surface area contributed by atoms with E-state index in [1.807, 2.05) is 0 Å². The monoisotopic (exact) mass is 378 g/mol. The van der Waals surface area contributed by atoms with Gasteiger partial charge < -0.3 is 15.1 Å². The fraction of sp³-hybridized carbons (Fsp3) is 0.235. The molecular formula is C17H16Cl2N4O2. The second kappa shape index (κ2) is 7.72. The van der Waals surface area contributed by atoms with E-state index in [1.54, 1.807) is 40.1 Å². The van der Waals surface area contributed by atoms with Gasteiger partial charge in [0.2, 0.25) is 6.41 Å². The first kappa shape index (κ1) is 17.5. The van der Waals surface area contributed by atoms with Crippen molar-refractivity contribution in [2.24, 2.45) is 0 Å². The minimum absolute atomic E-state index is 0.0876. The zero-order valence-corrected chi connectivity index (χ0v) is 14.8. The van der Waals surface area contributed by atoms with E-state index in [0.717, 1.165) is 6.41 Å². The Balaban J connectivity index is 1.65. The Kier molecular flexibility index (Phi) is 5.40. The lowest BCUT2D eigenvalue weighted by Gasteiger charge is -2.32. The van der Waals surface area contributed by atoms with Crippen LogP contribution >= 0.6 is 23.2 Å². The van der Waals surface area contributed by atoms with Gasteiger partial charge in [-0.1, -0.05) is 23.2 Å². The predicted molar refractivity (Wildman–Crippen MR) is 97.5 cm³/mol. The molecule has 2 amide bonds. The Morgan fingerprint density at radius 3 is 2.32 bits per heavy atom. The molecule has 0 unspecified atom stereocenters. The van der Waals surface area contributed by atoms with Crippen LogP contribution in [0.25, 0.3) is 0 Å². The van der Waals surface area contributed by atoms with Crippen LogP contribution in [0, 0.1) is 0 Å². The number of benzene rings is 1. The van der Waals surface area contributed by atoms with Crippen molar-refractivity contribution in [3.63, 3.8) is 0 Å². The molecule has 0 aliphatic carbocycles. The Morgan fingerprint density at radius 2 is 1.76 bits per heavy atom. The maximum atomic E-state index is 12.5. The van der Waals surface area contributed by atoms with Gasteiger partial charge in [0.1, 0.15) is 5.82 Å². The van der Waals surface area contributed by atoms with Crippen molar-refractivity contribution in [2.75, 3.05) is 31.5 Å². The summed E-state index contributed by atoms with van der Waals surface area (Å²) in [7, 11) is 0. The van der Waals surface area contributed by atoms with Crippen LogP contribution in [0.5, 0.6) is 0 Å². The predicted octanol–water partition coefficient (Wildman–Crippen LogP) is 3.05. The largest absolute Gasteiger partial charge is 0.342 e. The summed E-state index contributed by atoms with van der Waals surface area (Å²) in [5.41, 5.74) is 1.23. The lowest BCUT2D eigenvalue weighted by Crippen LogP contribution is -2.48. The fourth-order valence-corrected chi connectivity index (χ4v) is 3.11. The average Bonchev–Trinajstić information content (AvgIpc) is 2.61. The molecule has 1 aromatic carbocycles. The van der Waals surface area contributed by atoms with Crippen LogP contribution < -0.4 is 5.32 Å². The highest BCUT2D eigenvalue weighted by Crippen LogP contribution is 2.24. The third-order valence-electron chi connectivity index (χ3n) is 3.90. The van der Waals surface area contributed by atoms with E-state index in [-0.39, 0.29) is 5.91 Å². The lowest BCUT2D eigenvalue weighted by molar-refractivity contribution is -0.119.